The summed E-state index contributed by atoms with van der Waals surface area (Å²) in [6.07, 6.45) is 0.954. The molecule has 1 aromatic heterocycles. The zero-order valence-corrected chi connectivity index (χ0v) is 14.1. The summed E-state index contributed by atoms with van der Waals surface area (Å²) < 4.78 is 18.7. The first-order valence-corrected chi connectivity index (χ1v) is 8.49. The van der Waals surface area contributed by atoms with Gasteiger partial charge in [-0.3, -0.25) is 9.89 Å². The van der Waals surface area contributed by atoms with Crippen molar-refractivity contribution in [3.05, 3.63) is 83.4 Å². The lowest BCUT2D eigenvalue weighted by molar-refractivity contribution is 0.0454. The van der Waals surface area contributed by atoms with E-state index in [-0.39, 0.29) is 24.4 Å². The number of carbonyl (C=O) groups is 1. The van der Waals surface area contributed by atoms with Gasteiger partial charge in [0.15, 0.2) is 5.69 Å². The van der Waals surface area contributed by atoms with Gasteiger partial charge in [0.2, 0.25) is 0 Å². The summed E-state index contributed by atoms with van der Waals surface area (Å²) in [5.41, 5.74) is 2.16. The standard InChI is InChI=1S/C20H18FN3O2/c21-15-7-4-8-17(11-15)26-13-16-12-18(23-22-16)20(25)24-10-9-19(24)14-5-2-1-3-6-14/h1-8,11-12,19H,9-10,13H2,(H,22,23)/t19-/m0/s1. The molecule has 0 radical (unpaired) electrons. The van der Waals surface area contributed by atoms with E-state index in [0.717, 1.165) is 18.5 Å². The molecule has 132 valence electrons. The summed E-state index contributed by atoms with van der Waals surface area (Å²) in [4.78, 5) is 14.5. The number of amides is 1. The second-order valence-electron chi connectivity index (χ2n) is 6.24. The molecule has 4 rings (SSSR count). The largest absolute Gasteiger partial charge is 0.487 e. The number of hydrogen-bond donors (Lipinski definition) is 1. The first kappa shape index (κ1) is 16.3. The lowest BCUT2D eigenvalue weighted by Gasteiger charge is -2.40. The normalized spacial score (nSPS) is 16.2. The molecule has 26 heavy (non-hydrogen) atoms. The maximum atomic E-state index is 13.2. The Kier molecular flexibility index (Phi) is 4.39. The molecule has 1 fully saturated rings. The highest BCUT2D eigenvalue weighted by molar-refractivity contribution is 5.93. The highest BCUT2D eigenvalue weighted by Crippen LogP contribution is 2.34. The molecule has 3 aromatic rings. The van der Waals surface area contributed by atoms with Crippen molar-refractivity contribution < 1.29 is 13.9 Å². The van der Waals surface area contributed by atoms with Crippen LogP contribution in [0.1, 0.15) is 34.2 Å². The molecule has 0 unspecified atom stereocenters. The second-order valence-corrected chi connectivity index (χ2v) is 6.24. The molecule has 2 aromatic carbocycles. The van der Waals surface area contributed by atoms with Gasteiger partial charge in [-0.15, -0.1) is 0 Å². The molecule has 1 atom stereocenters. The van der Waals surface area contributed by atoms with E-state index in [9.17, 15) is 9.18 Å². The third-order valence-corrected chi connectivity index (χ3v) is 4.51. The lowest BCUT2D eigenvalue weighted by atomic mass is 9.94. The number of nitrogens with one attached hydrogen (secondary N) is 1. The number of benzene rings is 2. The molecule has 5 nitrogen and oxygen atoms in total. The molecule has 1 aliphatic rings. The van der Waals surface area contributed by atoms with Crippen LogP contribution >= 0.6 is 0 Å². The van der Waals surface area contributed by atoms with E-state index in [4.69, 9.17) is 4.74 Å². The van der Waals surface area contributed by atoms with Crippen LogP contribution in [0.3, 0.4) is 0 Å². The van der Waals surface area contributed by atoms with Crippen LogP contribution in [-0.4, -0.2) is 27.5 Å². The summed E-state index contributed by atoms with van der Waals surface area (Å²) >= 11 is 0. The van der Waals surface area contributed by atoms with Gasteiger partial charge in [-0.2, -0.15) is 5.10 Å². The number of halogens is 1. The van der Waals surface area contributed by atoms with E-state index < -0.39 is 0 Å². The molecule has 1 aliphatic heterocycles. The summed E-state index contributed by atoms with van der Waals surface area (Å²) in [5, 5.41) is 6.92. The third-order valence-electron chi connectivity index (χ3n) is 4.51. The summed E-state index contributed by atoms with van der Waals surface area (Å²) in [5.74, 6) is -0.0227. The van der Waals surface area contributed by atoms with Gasteiger partial charge in [-0.25, -0.2) is 4.39 Å². The maximum Gasteiger partial charge on any atom is 0.274 e. The quantitative estimate of drug-likeness (QED) is 0.762. The van der Waals surface area contributed by atoms with Crippen LogP contribution in [0.25, 0.3) is 0 Å². The Morgan fingerprint density at radius 2 is 2.04 bits per heavy atom. The Labute approximate surface area is 150 Å². The fraction of sp³-hybridized carbons (Fsp3) is 0.200. The van der Waals surface area contributed by atoms with E-state index in [1.807, 2.05) is 35.2 Å². The number of nitrogens with zero attached hydrogens (tertiary/aromatic N) is 2. The minimum Gasteiger partial charge on any atom is -0.487 e. The Morgan fingerprint density at radius 3 is 2.77 bits per heavy atom. The summed E-state index contributed by atoms with van der Waals surface area (Å²) in [6, 6.07) is 17.7. The van der Waals surface area contributed by atoms with Gasteiger partial charge in [0, 0.05) is 12.6 Å². The van der Waals surface area contributed by atoms with Crippen LogP contribution in [-0.2, 0) is 6.61 Å². The van der Waals surface area contributed by atoms with E-state index in [1.165, 1.54) is 12.1 Å². The highest BCUT2D eigenvalue weighted by Gasteiger charge is 2.34. The summed E-state index contributed by atoms with van der Waals surface area (Å²) in [7, 11) is 0. The molecule has 1 N–H and O–H groups in total. The van der Waals surface area contributed by atoms with Crippen molar-refractivity contribution in [3.8, 4) is 5.75 Å². The number of aromatic amines is 1. The predicted molar refractivity (Wildman–Crippen MR) is 94.2 cm³/mol. The minimum atomic E-state index is -0.354. The van der Waals surface area contributed by atoms with Crippen LogP contribution in [0.5, 0.6) is 5.75 Å². The van der Waals surface area contributed by atoms with Gasteiger partial charge in [-0.05, 0) is 30.2 Å². The van der Waals surface area contributed by atoms with Gasteiger partial charge >= 0.3 is 0 Å². The molecule has 1 amide bonds. The molecule has 0 spiro atoms. The van der Waals surface area contributed by atoms with Gasteiger partial charge in [-0.1, -0.05) is 36.4 Å². The zero-order valence-electron chi connectivity index (χ0n) is 14.1. The average Bonchev–Trinajstić information content (AvgIpc) is 3.09. The van der Waals surface area contributed by atoms with Gasteiger partial charge in [0.25, 0.3) is 5.91 Å². The number of hydrogen-bond acceptors (Lipinski definition) is 3. The molecule has 2 heterocycles. The molecule has 0 aliphatic carbocycles. The highest BCUT2D eigenvalue weighted by atomic mass is 19.1. The van der Waals surface area contributed by atoms with E-state index in [2.05, 4.69) is 10.2 Å². The third kappa shape index (κ3) is 3.31. The number of ether oxygens (including phenoxy) is 1. The van der Waals surface area contributed by atoms with Crippen molar-refractivity contribution in [2.24, 2.45) is 0 Å². The van der Waals surface area contributed by atoms with Crippen molar-refractivity contribution in [3.63, 3.8) is 0 Å². The number of rotatable bonds is 5. The van der Waals surface area contributed by atoms with Gasteiger partial charge < -0.3 is 9.64 Å². The van der Waals surface area contributed by atoms with Gasteiger partial charge in [0.05, 0.1) is 11.7 Å². The minimum absolute atomic E-state index is 0.0987. The van der Waals surface area contributed by atoms with Crippen LogP contribution in [0, 0.1) is 5.82 Å². The first-order chi connectivity index (χ1) is 12.7. The van der Waals surface area contributed by atoms with Crippen LogP contribution in [0.4, 0.5) is 4.39 Å². The Hall–Kier alpha value is -3.15. The Balaban J connectivity index is 1.40. The van der Waals surface area contributed by atoms with Crippen molar-refractivity contribution in [1.29, 1.82) is 0 Å². The molecule has 1 saturated heterocycles. The monoisotopic (exact) mass is 351 g/mol. The van der Waals surface area contributed by atoms with Crippen LogP contribution in [0.2, 0.25) is 0 Å². The first-order valence-electron chi connectivity index (χ1n) is 8.49. The lowest BCUT2D eigenvalue weighted by Crippen LogP contribution is -2.45. The Bertz CT molecular complexity index is 910. The van der Waals surface area contributed by atoms with Crippen molar-refractivity contribution >= 4 is 5.91 Å². The summed E-state index contributed by atoms with van der Waals surface area (Å²) in [6.45, 7) is 0.909. The topological polar surface area (TPSA) is 58.2 Å². The van der Waals surface area contributed by atoms with Crippen molar-refractivity contribution in [2.45, 2.75) is 19.1 Å². The smallest absolute Gasteiger partial charge is 0.274 e. The zero-order chi connectivity index (χ0) is 17.9. The predicted octanol–water partition coefficient (Wildman–Crippen LogP) is 3.72. The maximum absolute atomic E-state index is 13.2. The van der Waals surface area contributed by atoms with E-state index >= 15 is 0 Å². The average molecular weight is 351 g/mol. The van der Waals surface area contributed by atoms with Crippen LogP contribution < -0.4 is 4.74 Å². The van der Waals surface area contributed by atoms with Gasteiger partial charge in [0.1, 0.15) is 18.2 Å². The molecular formula is C20H18FN3O2. The SMILES string of the molecule is O=C(c1cc(COc2cccc(F)c2)[nH]n1)N1CC[C@H]1c1ccccc1. The van der Waals surface area contributed by atoms with Crippen molar-refractivity contribution in [1.82, 2.24) is 15.1 Å². The fourth-order valence-corrected chi connectivity index (χ4v) is 3.06. The molecular weight excluding hydrogens is 333 g/mol. The molecule has 0 saturated carbocycles. The molecule has 0 bridgehead atoms. The second kappa shape index (κ2) is 7.00. The van der Waals surface area contributed by atoms with E-state index in [1.54, 1.807) is 18.2 Å². The number of H-pyrrole nitrogens is 1. The molecule has 6 heteroatoms. The van der Waals surface area contributed by atoms with Crippen molar-refractivity contribution in [2.75, 3.05) is 6.54 Å². The fourth-order valence-electron chi connectivity index (χ4n) is 3.06. The van der Waals surface area contributed by atoms with Crippen LogP contribution in [0.15, 0.2) is 60.7 Å². The number of likely N-dealkylation sites (tertiary alicyclic amines) is 1. The number of aromatic nitrogens is 2. The van der Waals surface area contributed by atoms with E-state index in [0.29, 0.717) is 17.1 Å². The Morgan fingerprint density at radius 1 is 1.19 bits per heavy atom. The number of carbonyl (C=O) groups excluding carboxylic acids is 1.